The van der Waals surface area contributed by atoms with Crippen molar-refractivity contribution in [1.29, 1.82) is 0 Å². The van der Waals surface area contributed by atoms with Crippen LogP contribution in [0.2, 0.25) is 0 Å². The monoisotopic (exact) mass is 602 g/mol. The molecule has 0 N–H and O–H groups in total. The summed E-state index contributed by atoms with van der Waals surface area (Å²) < 4.78 is 175. The van der Waals surface area contributed by atoms with Gasteiger partial charge in [0.25, 0.3) is 0 Å². The number of rotatable bonds is 14. The quantitative estimate of drug-likeness (QED) is 0.160. The fraction of sp³-hybridized carbons (Fsp3) is 0.583. The molecule has 0 atom stereocenters. The molecule has 0 fully saturated rings. The maximum atomic E-state index is 13.9. The van der Waals surface area contributed by atoms with Gasteiger partial charge in [0.15, 0.2) is 5.82 Å². The van der Waals surface area contributed by atoms with Gasteiger partial charge in [-0.05, 0) is 42.7 Å². The summed E-state index contributed by atoms with van der Waals surface area (Å²) in [4.78, 5) is 8.11. The predicted molar refractivity (Wildman–Crippen MR) is 116 cm³/mol. The first-order valence-electron chi connectivity index (χ1n) is 11.8. The molecule has 0 unspecified atom stereocenters. The maximum Gasteiger partial charge on any atom is 0.471 e. The van der Waals surface area contributed by atoms with Gasteiger partial charge < -0.3 is 4.74 Å². The van der Waals surface area contributed by atoms with Crippen molar-refractivity contribution >= 4 is 0 Å². The summed E-state index contributed by atoms with van der Waals surface area (Å²) in [6, 6.07) is 2.79. The van der Waals surface area contributed by atoms with Crippen LogP contribution >= 0.6 is 0 Å². The van der Waals surface area contributed by atoms with Crippen molar-refractivity contribution in [3.8, 4) is 17.1 Å². The van der Waals surface area contributed by atoms with E-state index in [1.807, 2.05) is 0 Å². The molecular weight excluding hydrogens is 579 g/mol. The number of alkyl halides is 13. The lowest BCUT2D eigenvalue weighted by atomic mass is 9.97. The van der Waals surface area contributed by atoms with Crippen molar-refractivity contribution in [2.45, 2.75) is 87.8 Å². The van der Waals surface area contributed by atoms with E-state index in [4.69, 9.17) is 0 Å². The Kier molecular flexibility index (Phi) is 9.99. The Morgan fingerprint density at radius 1 is 0.600 bits per heavy atom. The highest BCUT2D eigenvalue weighted by Gasteiger charge is 2.91. The summed E-state index contributed by atoms with van der Waals surface area (Å²) in [7, 11) is 0. The summed E-state index contributed by atoms with van der Waals surface area (Å²) in [6.07, 6.45) is -4.17. The van der Waals surface area contributed by atoms with Crippen molar-refractivity contribution in [1.82, 2.24) is 9.97 Å². The molecule has 1 aromatic heterocycles. The lowest BCUT2D eigenvalue weighted by Crippen LogP contribution is -2.70. The third-order valence-corrected chi connectivity index (χ3v) is 5.79. The van der Waals surface area contributed by atoms with E-state index in [2.05, 4.69) is 21.6 Å². The molecule has 0 spiro atoms. The van der Waals surface area contributed by atoms with E-state index in [0.717, 1.165) is 56.2 Å². The second-order valence-electron chi connectivity index (χ2n) is 8.87. The molecule has 3 nitrogen and oxygen atoms in total. The lowest BCUT2D eigenvalue weighted by molar-refractivity contribution is -0.456. The molecule has 0 saturated carbocycles. The Labute approximate surface area is 219 Å². The molecule has 0 saturated heterocycles. The van der Waals surface area contributed by atoms with E-state index < -0.39 is 41.7 Å². The number of ether oxygens (including phenoxy) is 1. The largest absolute Gasteiger partial charge is 0.471 e. The topological polar surface area (TPSA) is 35.0 Å². The molecule has 16 heteroatoms. The smallest absolute Gasteiger partial charge is 0.428 e. The van der Waals surface area contributed by atoms with Crippen LogP contribution in [0.3, 0.4) is 0 Å². The van der Waals surface area contributed by atoms with E-state index in [9.17, 15) is 57.1 Å². The van der Waals surface area contributed by atoms with Gasteiger partial charge in [0, 0.05) is 18.0 Å². The number of hydrogen-bond acceptors (Lipinski definition) is 3. The summed E-state index contributed by atoms with van der Waals surface area (Å²) in [6.45, 7) is 2.09. The van der Waals surface area contributed by atoms with E-state index in [0.29, 0.717) is 18.6 Å². The third-order valence-electron chi connectivity index (χ3n) is 5.79. The molecular formula is C24H23F13N2O. The van der Waals surface area contributed by atoms with Crippen molar-refractivity contribution in [3.05, 3.63) is 42.2 Å². The first-order valence-corrected chi connectivity index (χ1v) is 11.8. The molecule has 226 valence electrons. The molecule has 1 heterocycles. The van der Waals surface area contributed by atoms with E-state index in [-0.39, 0.29) is 11.4 Å². The number of hydrogen-bond donors (Lipinski definition) is 0. The molecule has 0 aliphatic carbocycles. The van der Waals surface area contributed by atoms with Crippen LogP contribution in [0, 0.1) is 0 Å². The second kappa shape index (κ2) is 12.0. The van der Waals surface area contributed by atoms with Gasteiger partial charge in [0.1, 0.15) is 5.75 Å². The molecule has 0 aliphatic heterocycles. The van der Waals surface area contributed by atoms with E-state index in [1.165, 1.54) is 12.4 Å². The highest BCUT2D eigenvalue weighted by atomic mass is 19.4. The maximum absolute atomic E-state index is 13.9. The molecule has 2 rings (SSSR count). The normalized spacial score (nSPS) is 13.9. The number of nitrogens with zero attached hydrogens (tertiary/aromatic N) is 2. The van der Waals surface area contributed by atoms with Gasteiger partial charge in [-0.1, -0.05) is 39.0 Å². The van der Waals surface area contributed by atoms with Gasteiger partial charge in [0.2, 0.25) is 0 Å². The molecule has 0 aliphatic rings. The van der Waals surface area contributed by atoms with Gasteiger partial charge in [-0.2, -0.15) is 57.1 Å². The average molecular weight is 602 g/mol. The van der Waals surface area contributed by atoms with E-state index >= 15 is 0 Å². The van der Waals surface area contributed by atoms with Crippen LogP contribution in [0.5, 0.6) is 5.75 Å². The summed E-state index contributed by atoms with van der Waals surface area (Å²) >= 11 is 0. The fourth-order valence-corrected chi connectivity index (χ4v) is 3.38. The van der Waals surface area contributed by atoms with Crippen LogP contribution in [0.4, 0.5) is 57.1 Å². The lowest BCUT2D eigenvalue weighted by Gasteiger charge is -2.39. The van der Waals surface area contributed by atoms with Crippen molar-refractivity contribution in [3.63, 3.8) is 0 Å². The average Bonchev–Trinajstić information content (AvgIpc) is 2.85. The molecule has 0 bridgehead atoms. The number of unbranched alkanes of at least 4 members (excludes halogenated alkanes) is 5. The fourth-order valence-electron chi connectivity index (χ4n) is 3.38. The molecule has 0 amide bonds. The predicted octanol–water partition coefficient (Wildman–Crippen LogP) is 9.12. The highest BCUT2D eigenvalue weighted by molar-refractivity contribution is 5.56. The van der Waals surface area contributed by atoms with Crippen LogP contribution in [-0.2, 0) is 6.42 Å². The summed E-state index contributed by atoms with van der Waals surface area (Å²) in [5.41, 5.74) is 0.880. The van der Waals surface area contributed by atoms with Crippen LogP contribution in [0.25, 0.3) is 11.4 Å². The Morgan fingerprint density at radius 3 is 1.57 bits per heavy atom. The zero-order valence-corrected chi connectivity index (χ0v) is 20.6. The molecule has 1 aromatic carbocycles. The standard InChI is InChI=1S/C24H23F13N2O/c1-2-3-4-5-6-7-8-15-13-38-18(39-14-15)16-9-11-17(12-10-16)40-24(36,37)22(31,32)20(27,28)19(25,26)21(29,30)23(33,34)35/h9-14H,2-8H2,1H3. The minimum Gasteiger partial charge on any atom is -0.428 e. The first kappa shape index (κ1) is 33.4. The van der Waals surface area contributed by atoms with Crippen molar-refractivity contribution in [2.24, 2.45) is 0 Å². The SMILES string of the molecule is CCCCCCCCc1cnc(-c2ccc(OC(F)(F)C(F)(F)C(F)(F)C(F)(F)C(F)(F)C(F)(F)F)cc2)nc1. The van der Waals surface area contributed by atoms with Gasteiger partial charge >= 0.3 is 36.0 Å². The van der Waals surface area contributed by atoms with Crippen LogP contribution in [-0.4, -0.2) is 45.9 Å². The molecule has 0 radical (unpaired) electrons. The number of aromatic nitrogens is 2. The Bertz CT molecular complexity index is 1090. The van der Waals surface area contributed by atoms with Crippen molar-refractivity contribution in [2.75, 3.05) is 0 Å². The zero-order valence-electron chi connectivity index (χ0n) is 20.6. The third kappa shape index (κ3) is 6.56. The van der Waals surface area contributed by atoms with Crippen LogP contribution in [0.1, 0.15) is 51.0 Å². The van der Waals surface area contributed by atoms with Gasteiger partial charge in [-0.15, -0.1) is 0 Å². The van der Waals surface area contributed by atoms with E-state index in [1.54, 1.807) is 0 Å². The van der Waals surface area contributed by atoms with Crippen molar-refractivity contribution < 1.29 is 61.8 Å². The Morgan fingerprint density at radius 2 is 1.07 bits per heavy atom. The number of aryl methyl sites for hydroxylation is 1. The molecule has 40 heavy (non-hydrogen) atoms. The van der Waals surface area contributed by atoms with Gasteiger partial charge in [0.05, 0.1) is 0 Å². The number of halogens is 13. The number of benzene rings is 1. The second-order valence-corrected chi connectivity index (χ2v) is 8.87. The zero-order chi connectivity index (χ0) is 30.6. The van der Waals surface area contributed by atoms with Gasteiger partial charge in [-0.25, -0.2) is 9.97 Å². The summed E-state index contributed by atoms with van der Waals surface area (Å²) in [5, 5.41) is 0. The molecule has 2 aromatic rings. The van der Waals surface area contributed by atoms with Crippen LogP contribution < -0.4 is 4.74 Å². The Hall–Kier alpha value is -2.81. The summed E-state index contributed by atoms with van der Waals surface area (Å²) in [5.74, 6) is -32.6. The van der Waals surface area contributed by atoms with Gasteiger partial charge in [-0.3, -0.25) is 0 Å². The minimum absolute atomic E-state index is 0.0240. The highest BCUT2D eigenvalue weighted by Crippen LogP contribution is 2.60. The first-order chi connectivity index (χ1) is 18.2. The minimum atomic E-state index is -7.99. The Balaban J connectivity index is 2.14. The van der Waals surface area contributed by atoms with Crippen LogP contribution in [0.15, 0.2) is 36.7 Å².